The number of ketones is 1. The zero-order chi connectivity index (χ0) is 15.3. The Morgan fingerprint density at radius 3 is 2.45 bits per heavy atom. The molecular formula is C15H20F3NO. The lowest BCUT2D eigenvalue weighted by Gasteiger charge is -2.16. The van der Waals surface area contributed by atoms with Gasteiger partial charge < -0.3 is 5.73 Å². The number of Topliss-reactive ketones (excluding diaryl/α,β-unsaturated/α-hetero) is 1. The van der Waals surface area contributed by atoms with Crippen molar-refractivity contribution in [1.29, 1.82) is 0 Å². The van der Waals surface area contributed by atoms with Gasteiger partial charge in [0, 0.05) is 12.0 Å². The second-order valence-electron chi connectivity index (χ2n) is 5.44. The standard InChI is InChI=1S/C15H20F3NO/c1-10(2)6-11(9-19)7-14(20)12-4-3-5-13(8-12)15(16,17)18/h3-5,8,10-11H,6-7,9,19H2,1-2H3. The molecule has 0 heterocycles. The first kappa shape index (κ1) is 16.7. The molecule has 1 aromatic rings. The Bertz CT molecular complexity index is 455. The molecule has 0 amide bonds. The van der Waals surface area contributed by atoms with E-state index >= 15 is 0 Å². The Morgan fingerprint density at radius 2 is 1.95 bits per heavy atom. The van der Waals surface area contributed by atoms with Gasteiger partial charge in [0.2, 0.25) is 0 Å². The number of carbonyl (C=O) groups excluding carboxylic acids is 1. The monoisotopic (exact) mass is 287 g/mol. The van der Waals surface area contributed by atoms with Crippen LogP contribution >= 0.6 is 0 Å². The van der Waals surface area contributed by atoms with Gasteiger partial charge in [0.05, 0.1) is 5.56 Å². The van der Waals surface area contributed by atoms with Gasteiger partial charge in [0.25, 0.3) is 0 Å². The minimum absolute atomic E-state index is 0.0112. The highest BCUT2D eigenvalue weighted by Gasteiger charge is 2.31. The quantitative estimate of drug-likeness (QED) is 0.806. The summed E-state index contributed by atoms with van der Waals surface area (Å²) in [5, 5.41) is 0. The first-order chi connectivity index (χ1) is 9.24. The summed E-state index contributed by atoms with van der Waals surface area (Å²) in [5.41, 5.74) is 4.92. The third kappa shape index (κ3) is 4.96. The van der Waals surface area contributed by atoms with Gasteiger partial charge in [-0.1, -0.05) is 26.0 Å². The molecule has 1 aromatic carbocycles. The molecule has 0 aromatic heterocycles. The largest absolute Gasteiger partial charge is 0.416 e. The Balaban J connectivity index is 2.82. The maximum atomic E-state index is 12.6. The summed E-state index contributed by atoms with van der Waals surface area (Å²) < 4.78 is 37.8. The van der Waals surface area contributed by atoms with Crippen molar-refractivity contribution >= 4 is 5.78 Å². The molecule has 0 aliphatic carbocycles. The van der Waals surface area contributed by atoms with Crippen LogP contribution in [0.25, 0.3) is 0 Å². The van der Waals surface area contributed by atoms with E-state index in [1.807, 2.05) is 13.8 Å². The van der Waals surface area contributed by atoms with Crippen LogP contribution in [0.2, 0.25) is 0 Å². The molecule has 0 aliphatic heterocycles. The average molecular weight is 287 g/mol. The number of halogens is 3. The van der Waals surface area contributed by atoms with Crippen LogP contribution in [0.15, 0.2) is 24.3 Å². The van der Waals surface area contributed by atoms with Crippen molar-refractivity contribution in [2.24, 2.45) is 17.6 Å². The molecule has 0 aliphatic rings. The van der Waals surface area contributed by atoms with Crippen LogP contribution in [0.3, 0.4) is 0 Å². The Kier molecular flexibility index (Phi) is 5.74. The second-order valence-corrected chi connectivity index (χ2v) is 5.44. The molecule has 0 saturated carbocycles. The molecule has 2 nitrogen and oxygen atoms in total. The minimum atomic E-state index is -4.43. The number of nitrogens with two attached hydrogens (primary N) is 1. The fourth-order valence-corrected chi connectivity index (χ4v) is 2.18. The highest BCUT2D eigenvalue weighted by molar-refractivity contribution is 5.96. The van der Waals surface area contributed by atoms with E-state index in [0.29, 0.717) is 12.5 Å². The predicted octanol–water partition coefficient (Wildman–Crippen LogP) is 3.90. The van der Waals surface area contributed by atoms with Gasteiger partial charge in [-0.3, -0.25) is 4.79 Å². The number of hydrogen-bond acceptors (Lipinski definition) is 2. The van der Waals surface area contributed by atoms with Crippen LogP contribution in [0.4, 0.5) is 13.2 Å². The van der Waals surface area contributed by atoms with Crippen molar-refractivity contribution in [3.05, 3.63) is 35.4 Å². The highest BCUT2D eigenvalue weighted by Crippen LogP contribution is 2.30. The highest BCUT2D eigenvalue weighted by atomic mass is 19.4. The molecular weight excluding hydrogens is 267 g/mol. The van der Waals surface area contributed by atoms with Crippen molar-refractivity contribution in [2.75, 3.05) is 6.54 Å². The Morgan fingerprint density at radius 1 is 1.30 bits per heavy atom. The summed E-state index contributed by atoms with van der Waals surface area (Å²) in [5.74, 6) is 0.127. The predicted molar refractivity (Wildman–Crippen MR) is 72.4 cm³/mol. The molecule has 1 rings (SSSR count). The molecule has 5 heteroatoms. The van der Waals surface area contributed by atoms with Crippen LogP contribution in [0, 0.1) is 11.8 Å². The van der Waals surface area contributed by atoms with Crippen molar-refractivity contribution in [1.82, 2.24) is 0 Å². The fraction of sp³-hybridized carbons (Fsp3) is 0.533. The van der Waals surface area contributed by atoms with Crippen LogP contribution in [-0.2, 0) is 6.18 Å². The van der Waals surface area contributed by atoms with E-state index in [4.69, 9.17) is 5.73 Å². The van der Waals surface area contributed by atoms with Gasteiger partial charge in [0.1, 0.15) is 0 Å². The van der Waals surface area contributed by atoms with Crippen molar-refractivity contribution < 1.29 is 18.0 Å². The Labute approximate surface area is 117 Å². The summed E-state index contributed by atoms with van der Waals surface area (Å²) >= 11 is 0. The van der Waals surface area contributed by atoms with Crippen LogP contribution in [-0.4, -0.2) is 12.3 Å². The van der Waals surface area contributed by atoms with Gasteiger partial charge >= 0.3 is 6.18 Å². The molecule has 1 atom stereocenters. The van der Waals surface area contributed by atoms with Crippen molar-refractivity contribution in [2.45, 2.75) is 32.9 Å². The molecule has 0 spiro atoms. The van der Waals surface area contributed by atoms with Gasteiger partial charge in [-0.25, -0.2) is 0 Å². The number of alkyl halides is 3. The van der Waals surface area contributed by atoms with E-state index < -0.39 is 11.7 Å². The average Bonchev–Trinajstić information content (AvgIpc) is 2.36. The normalized spacial score (nSPS) is 13.6. The zero-order valence-electron chi connectivity index (χ0n) is 11.7. The van der Waals surface area contributed by atoms with Gasteiger partial charge in [0.15, 0.2) is 5.78 Å². The number of carbonyl (C=O) groups is 1. The van der Waals surface area contributed by atoms with E-state index in [1.165, 1.54) is 12.1 Å². The minimum Gasteiger partial charge on any atom is -0.330 e. The van der Waals surface area contributed by atoms with E-state index in [0.717, 1.165) is 18.6 Å². The topological polar surface area (TPSA) is 43.1 Å². The fourth-order valence-electron chi connectivity index (χ4n) is 2.18. The Hall–Kier alpha value is -1.36. The van der Waals surface area contributed by atoms with Crippen LogP contribution in [0.5, 0.6) is 0 Å². The summed E-state index contributed by atoms with van der Waals surface area (Å²) in [4.78, 5) is 12.1. The lowest BCUT2D eigenvalue weighted by molar-refractivity contribution is -0.137. The molecule has 0 fully saturated rings. The van der Waals surface area contributed by atoms with Gasteiger partial charge in [-0.15, -0.1) is 0 Å². The summed E-state index contributed by atoms with van der Waals surface area (Å²) in [7, 11) is 0. The molecule has 0 radical (unpaired) electrons. The number of hydrogen-bond donors (Lipinski definition) is 1. The van der Waals surface area contributed by atoms with E-state index in [9.17, 15) is 18.0 Å². The third-order valence-electron chi connectivity index (χ3n) is 3.12. The maximum Gasteiger partial charge on any atom is 0.416 e. The van der Waals surface area contributed by atoms with Crippen molar-refractivity contribution in [3.63, 3.8) is 0 Å². The lowest BCUT2D eigenvalue weighted by Crippen LogP contribution is -2.20. The van der Waals surface area contributed by atoms with Gasteiger partial charge in [-0.05, 0) is 36.9 Å². The second kappa shape index (κ2) is 6.88. The first-order valence-corrected chi connectivity index (χ1v) is 6.64. The van der Waals surface area contributed by atoms with E-state index in [-0.39, 0.29) is 23.7 Å². The SMILES string of the molecule is CC(C)CC(CN)CC(=O)c1cccc(C(F)(F)F)c1. The van der Waals surface area contributed by atoms with Crippen molar-refractivity contribution in [3.8, 4) is 0 Å². The van der Waals surface area contributed by atoms with Gasteiger partial charge in [-0.2, -0.15) is 13.2 Å². The van der Waals surface area contributed by atoms with Crippen LogP contribution < -0.4 is 5.73 Å². The van der Waals surface area contributed by atoms with E-state index in [2.05, 4.69) is 0 Å². The molecule has 112 valence electrons. The summed E-state index contributed by atoms with van der Waals surface area (Å²) in [6.07, 6.45) is -3.45. The summed E-state index contributed by atoms with van der Waals surface area (Å²) in [6.45, 7) is 4.41. The number of rotatable bonds is 6. The van der Waals surface area contributed by atoms with Crippen LogP contribution in [0.1, 0.15) is 42.6 Å². The summed E-state index contributed by atoms with van der Waals surface area (Å²) in [6, 6.07) is 4.55. The third-order valence-corrected chi connectivity index (χ3v) is 3.12. The van der Waals surface area contributed by atoms with E-state index in [1.54, 1.807) is 0 Å². The smallest absolute Gasteiger partial charge is 0.330 e. The maximum absolute atomic E-state index is 12.6. The molecule has 2 N–H and O–H groups in total. The lowest BCUT2D eigenvalue weighted by atomic mass is 9.90. The molecule has 1 unspecified atom stereocenters. The molecule has 0 bridgehead atoms. The number of benzene rings is 1. The first-order valence-electron chi connectivity index (χ1n) is 6.64. The molecule has 0 saturated heterocycles. The molecule has 20 heavy (non-hydrogen) atoms. The zero-order valence-corrected chi connectivity index (χ0v) is 11.7.